The molecular formula is C32H23N5O16S4. The van der Waals surface area contributed by atoms with Gasteiger partial charge in [-0.3, -0.25) is 18.2 Å². The minimum atomic E-state index is -5.13. The molecule has 0 saturated heterocycles. The van der Waals surface area contributed by atoms with Crippen molar-refractivity contribution in [2.45, 2.75) is 19.6 Å². The highest BCUT2D eigenvalue weighted by atomic mass is 32.2. The highest BCUT2D eigenvalue weighted by molar-refractivity contribution is 7.86. The van der Waals surface area contributed by atoms with Gasteiger partial charge in [0.2, 0.25) is 0 Å². The molecule has 9 N–H and O–H groups in total. The second-order valence-corrected chi connectivity index (χ2v) is 17.4. The number of rotatable bonds is 10. The predicted molar refractivity (Wildman–Crippen MR) is 198 cm³/mol. The molecule has 0 radical (unpaired) electrons. The molecule has 6 aromatic rings. The molecule has 0 aromatic heterocycles. The van der Waals surface area contributed by atoms with Crippen LogP contribution in [0.4, 0.5) is 34.1 Å². The number of azo groups is 2. The minimum absolute atomic E-state index is 0.00977. The fraction of sp³-hybridized carbons (Fsp3) is 0. The lowest BCUT2D eigenvalue weighted by molar-refractivity contribution is 0.470. The van der Waals surface area contributed by atoms with Crippen LogP contribution in [0.25, 0.3) is 21.5 Å². The van der Waals surface area contributed by atoms with E-state index in [1.807, 2.05) is 0 Å². The van der Waals surface area contributed by atoms with Gasteiger partial charge >= 0.3 is 0 Å². The fourth-order valence-electron chi connectivity index (χ4n) is 5.31. The first-order valence-corrected chi connectivity index (χ1v) is 20.9. The van der Waals surface area contributed by atoms with Crippen LogP contribution in [0.1, 0.15) is 0 Å². The van der Waals surface area contributed by atoms with Crippen molar-refractivity contribution in [3.05, 3.63) is 84.9 Å². The van der Waals surface area contributed by atoms with Gasteiger partial charge in [-0.15, -0.1) is 20.5 Å². The largest absolute Gasteiger partial charge is 0.506 e. The first-order chi connectivity index (χ1) is 26.4. The second-order valence-electron chi connectivity index (χ2n) is 11.7. The van der Waals surface area contributed by atoms with Gasteiger partial charge in [0, 0.05) is 22.1 Å². The van der Waals surface area contributed by atoms with E-state index < -0.39 is 106 Å². The standard InChI is InChI=1S/C32H23N5O16S4/c38-25-7-3-19(54(42,43)44)13-23(25)34-36-29-27(56(48,49)50)11-15-9-17(1-5-21(15)31(29)40)33-18-2-6-22-16(10-18)12-28(57(51,52)53)30(32(22)41)37-35-24-14-20(55(45,46)47)4-8-26(24)39/h1-14,33,38-41H,(H,42,43,44)(H,45,46,47)(H,48,49,50)(H,51,52,53). The number of benzene rings is 6. The third-order valence-corrected chi connectivity index (χ3v) is 11.4. The molecule has 57 heavy (non-hydrogen) atoms. The summed E-state index contributed by atoms with van der Waals surface area (Å²) in [7, 11) is -19.7. The van der Waals surface area contributed by atoms with Gasteiger partial charge in [0.25, 0.3) is 40.5 Å². The molecule has 0 aliphatic carbocycles. The highest BCUT2D eigenvalue weighted by Gasteiger charge is 2.25. The second kappa shape index (κ2) is 14.3. The number of phenols is 4. The maximum Gasteiger partial charge on any atom is 0.296 e. The number of nitrogens with one attached hydrogen (secondary N) is 1. The fourth-order valence-corrected chi connectivity index (χ4v) is 7.62. The summed E-state index contributed by atoms with van der Waals surface area (Å²) >= 11 is 0. The Morgan fingerprint density at radius 1 is 0.421 bits per heavy atom. The molecule has 296 valence electrons. The van der Waals surface area contributed by atoms with Crippen LogP contribution in [0.15, 0.2) is 125 Å². The van der Waals surface area contributed by atoms with Crippen LogP contribution >= 0.6 is 0 Å². The average Bonchev–Trinajstić information content (AvgIpc) is 3.10. The molecule has 0 spiro atoms. The Bertz CT molecular complexity index is 3000. The highest BCUT2D eigenvalue weighted by Crippen LogP contribution is 2.45. The molecular weight excluding hydrogens is 839 g/mol. The van der Waals surface area contributed by atoms with Crippen LogP contribution in [0.5, 0.6) is 23.0 Å². The van der Waals surface area contributed by atoms with Crippen LogP contribution in [-0.2, 0) is 40.5 Å². The molecule has 0 atom stereocenters. The van der Waals surface area contributed by atoms with Crippen LogP contribution in [0.2, 0.25) is 0 Å². The van der Waals surface area contributed by atoms with E-state index in [1.165, 1.54) is 36.4 Å². The van der Waals surface area contributed by atoms with E-state index >= 15 is 0 Å². The van der Waals surface area contributed by atoms with Gasteiger partial charge in [-0.2, -0.15) is 33.7 Å². The maximum absolute atomic E-state index is 12.4. The normalized spacial score (nSPS) is 12.9. The van der Waals surface area contributed by atoms with E-state index in [9.17, 15) is 72.3 Å². The van der Waals surface area contributed by atoms with Crippen molar-refractivity contribution in [2.75, 3.05) is 5.32 Å². The molecule has 0 amide bonds. The van der Waals surface area contributed by atoms with E-state index in [-0.39, 0.29) is 32.9 Å². The lowest BCUT2D eigenvalue weighted by Crippen LogP contribution is -2.00. The van der Waals surface area contributed by atoms with Crippen LogP contribution in [0.3, 0.4) is 0 Å². The molecule has 0 heterocycles. The third-order valence-electron chi connectivity index (χ3n) is 7.95. The number of aromatic hydroxyl groups is 4. The Morgan fingerprint density at radius 3 is 1.12 bits per heavy atom. The van der Waals surface area contributed by atoms with Gasteiger partial charge in [-0.05, 0) is 95.7 Å². The molecule has 0 saturated carbocycles. The van der Waals surface area contributed by atoms with Crippen molar-refractivity contribution in [1.82, 2.24) is 0 Å². The first kappa shape index (κ1) is 40.3. The summed E-state index contributed by atoms with van der Waals surface area (Å²) in [6.07, 6.45) is 0. The Hall–Kier alpha value is -6.32. The Labute approximate surface area is 320 Å². The number of fused-ring (bicyclic) bond motifs is 2. The number of hydrogen-bond acceptors (Lipinski definition) is 17. The quantitative estimate of drug-likeness (QED) is 0.0533. The van der Waals surface area contributed by atoms with Gasteiger partial charge in [0.1, 0.15) is 44.0 Å². The van der Waals surface area contributed by atoms with Crippen molar-refractivity contribution < 1.29 is 72.3 Å². The monoisotopic (exact) mass is 861 g/mol. The number of anilines is 2. The first-order valence-electron chi connectivity index (χ1n) is 15.2. The summed E-state index contributed by atoms with van der Waals surface area (Å²) in [6.45, 7) is 0. The third kappa shape index (κ3) is 8.44. The van der Waals surface area contributed by atoms with E-state index in [1.54, 1.807) is 0 Å². The van der Waals surface area contributed by atoms with E-state index in [4.69, 9.17) is 0 Å². The summed E-state index contributed by atoms with van der Waals surface area (Å²) in [6, 6.07) is 14.8. The lowest BCUT2D eigenvalue weighted by atomic mass is 10.1. The van der Waals surface area contributed by atoms with Gasteiger partial charge in [0.15, 0.2) is 11.5 Å². The molecule has 0 bridgehead atoms. The summed E-state index contributed by atoms with van der Waals surface area (Å²) in [5, 5.41) is 59.5. The van der Waals surface area contributed by atoms with Crippen LogP contribution < -0.4 is 5.32 Å². The van der Waals surface area contributed by atoms with Gasteiger partial charge in [-0.25, -0.2) is 0 Å². The SMILES string of the molecule is O=S(=O)(O)c1ccc(O)c(N=Nc2c(S(=O)(=O)O)cc3cc(Nc4ccc5c(O)c(N=Nc6cc(S(=O)(=O)O)ccc6O)c(S(=O)(=O)O)cc5c4)ccc3c2O)c1. The predicted octanol–water partition coefficient (Wildman–Crippen LogP) is 6.38. The smallest absolute Gasteiger partial charge is 0.296 e. The molecule has 0 aliphatic rings. The molecule has 25 heteroatoms. The van der Waals surface area contributed by atoms with Gasteiger partial charge in [0.05, 0.1) is 9.79 Å². The number of hydrogen-bond donors (Lipinski definition) is 9. The number of nitrogens with zero attached hydrogens (tertiary/aromatic N) is 4. The van der Waals surface area contributed by atoms with Gasteiger partial charge in [-0.1, -0.05) is 0 Å². The Balaban J connectivity index is 1.38. The number of phenolic OH excluding ortho intramolecular Hbond substituents is 4. The Morgan fingerprint density at radius 2 is 0.789 bits per heavy atom. The van der Waals surface area contributed by atoms with Crippen molar-refractivity contribution in [3.63, 3.8) is 0 Å². The van der Waals surface area contributed by atoms with E-state index in [0.29, 0.717) is 12.1 Å². The minimum Gasteiger partial charge on any atom is -0.506 e. The summed E-state index contributed by atoms with van der Waals surface area (Å²) in [5.41, 5.74) is -2.26. The summed E-state index contributed by atoms with van der Waals surface area (Å²) < 4.78 is 134. The zero-order valence-electron chi connectivity index (χ0n) is 27.8. The molecule has 6 rings (SSSR count). The zero-order chi connectivity index (χ0) is 41.8. The maximum atomic E-state index is 12.4. The van der Waals surface area contributed by atoms with E-state index in [2.05, 4.69) is 25.8 Å². The van der Waals surface area contributed by atoms with Crippen molar-refractivity contribution in [2.24, 2.45) is 20.5 Å². The summed E-state index contributed by atoms with van der Waals surface area (Å²) in [5.74, 6) is -2.89. The van der Waals surface area contributed by atoms with Crippen LogP contribution in [0, 0.1) is 0 Å². The van der Waals surface area contributed by atoms with Crippen molar-refractivity contribution >= 4 is 96.1 Å². The van der Waals surface area contributed by atoms with Crippen molar-refractivity contribution in [1.29, 1.82) is 0 Å². The molecule has 0 fully saturated rings. The molecule has 0 aliphatic heterocycles. The summed E-state index contributed by atoms with van der Waals surface area (Å²) in [4.78, 5) is -3.28. The lowest BCUT2D eigenvalue weighted by Gasteiger charge is -2.13. The molecule has 21 nitrogen and oxygen atoms in total. The van der Waals surface area contributed by atoms with Crippen LogP contribution in [-0.4, -0.2) is 72.3 Å². The molecule has 0 unspecified atom stereocenters. The van der Waals surface area contributed by atoms with E-state index in [0.717, 1.165) is 36.4 Å². The molecule has 6 aromatic carbocycles. The topological polar surface area (TPSA) is 360 Å². The van der Waals surface area contributed by atoms with Gasteiger partial charge < -0.3 is 25.7 Å². The Kier molecular flexibility index (Phi) is 10.1. The average molecular weight is 862 g/mol. The van der Waals surface area contributed by atoms with Crippen molar-refractivity contribution in [3.8, 4) is 23.0 Å². The zero-order valence-corrected chi connectivity index (χ0v) is 31.1.